The smallest absolute Gasteiger partial charge is 0.210 e. The van der Waals surface area contributed by atoms with Crippen LogP contribution in [-0.4, -0.2) is 23.5 Å². The number of aromatic nitrogens is 1. The molecule has 0 spiro atoms. The summed E-state index contributed by atoms with van der Waals surface area (Å²) < 4.78 is 17.2. The average Bonchev–Trinajstić information content (AvgIpc) is 2.70. The number of rotatable bonds is 5. The fourth-order valence-corrected chi connectivity index (χ4v) is 2.74. The van der Waals surface area contributed by atoms with E-state index >= 15 is 0 Å². The summed E-state index contributed by atoms with van der Waals surface area (Å²) in [6.07, 6.45) is 2.55. The number of benzene rings is 2. The number of pyridine rings is 1. The minimum Gasteiger partial charge on any atom is -0.489 e. The van der Waals surface area contributed by atoms with E-state index in [-0.39, 0.29) is 12.4 Å². The zero-order chi connectivity index (χ0) is 17.8. The van der Waals surface area contributed by atoms with Crippen molar-refractivity contribution in [3.05, 3.63) is 84.2 Å². The molecule has 1 aliphatic heterocycles. The molecular weight excluding hydrogens is 330 g/mol. The zero-order valence-corrected chi connectivity index (χ0v) is 14.0. The third-order valence-electron chi connectivity index (χ3n) is 4.06. The topological polar surface area (TPSA) is 57.7 Å². The van der Waals surface area contributed by atoms with E-state index < -0.39 is 6.10 Å². The zero-order valence-electron chi connectivity index (χ0n) is 14.0. The van der Waals surface area contributed by atoms with E-state index in [4.69, 9.17) is 14.2 Å². The van der Waals surface area contributed by atoms with Gasteiger partial charge in [-0.15, -0.1) is 0 Å². The second-order valence-electron chi connectivity index (χ2n) is 5.90. The van der Waals surface area contributed by atoms with Crippen molar-refractivity contribution in [3.63, 3.8) is 0 Å². The monoisotopic (exact) mass is 347 g/mol. The Morgan fingerprint density at radius 2 is 1.92 bits per heavy atom. The second-order valence-corrected chi connectivity index (χ2v) is 5.90. The molecule has 0 saturated carbocycles. The van der Waals surface area contributed by atoms with Crippen LogP contribution >= 0.6 is 0 Å². The first-order valence-electron chi connectivity index (χ1n) is 8.34. The summed E-state index contributed by atoms with van der Waals surface area (Å²) in [7, 11) is 0. The molecule has 1 unspecified atom stereocenters. The van der Waals surface area contributed by atoms with E-state index in [1.165, 1.54) is 0 Å². The quantitative estimate of drug-likeness (QED) is 0.705. The van der Waals surface area contributed by atoms with Crippen LogP contribution in [0.3, 0.4) is 0 Å². The molecule has 2 heterocycles. The van der Waals surface area contributed by atoms with Gasteiger partial charge in [-0.05, 0) is 29.8 Å². The number of ketones is 1. The number of hydrogen-bond donors (Lipinski definition) is 0. The second kappa shape index (κ2) is 7.27. The highest BCUT2D eigenvalue weighted by Crippen LogP contribution is 2.30. The van der Waals surface area contributed by atoms with Crippen LogP contribution in [0.4, 0.5) is 0 Å². The number of fused-ring (bicyclic) bond motifs is 1. The number of carbonyl (C=O) groups excluding carboxylic acids is 1. The highest BCUT2D eigenvalue weighted by Gasteiger charge is 2.31. The maximum atomic E-state index is 12.6. The highest BCUT2D eigenvalue weighted by atomic mass is 16.5. The molecule has 2 aromatic carbocycles. The molecule has 5 nitrogen and oxygen atoms in total. The molecule has 0 aliphatic carbocycles. The van der Waals surface area contributed by atoms with Crippen LogP contribution in [0.2, 0.25) is 0 Å². The molecule has 1 aliphatic rings. The third-order valence-corrected chi connectivity index (χ3v) is 4.06. The summed E-state index contributed by atoms with van der Waals surface area (Å²) in [5, 5.41) is 0. The fourth-order valence-electron chi connectivity index (χ4n) is 2.74. The van der Waals surface area contributed by atoms with Crippen molar-refractivity contribution in [2.24, 2.45) is 0 Å². The van der Waals surface area contributed by atoms with Crippen LogP contribution in [0.25, 0.3) is 0 Å². The molecule has 1 atom stereocenters. The lowest BCUT2D eigenvalue weighted by Crippen LogP contribution is -2.37. The van der Waals surface area contributed by atoms with Crippen LogP contribution in [0, 0.1) is 0 Å². The minimum absolute atomic E-state index is 0.107. The van der Waals surface area contributed by atoms with E-state index in [9.17, 15) is 4.79 Å². The summed E-state index contributed by atoms with van der Waals surface area (Å²) >= 11 is 0. The molecule has 0 amide bonds. The van der Waals surface area contributed by atoms with E-state index in [1.807, 2.05) is 30.3 Å². The van der Waals surface area contributed by atoms with Crippen LogP contribution in [0.1, 0.15) is 15.9 Å². The van der Waals surface area contributed by atoms with Crippen molar-refractivity contribution < 1.29 is 19.0 Å². The lowest BCUT2D eigenvalue weighted by molar-refractivity contribution is 0.0626. The highest BCUT2D eigenvalue weighted by molar-refractivity contribution is 6.03. The summed E-state index contributed by atoms with van der Waals surface area (Å²) in [6, 6.07) is 18.7. The van der Waals surface area contributed by atoms with Crippen LogP contribution in [0.5, 0.6) is 17.2 Å². The molecule has 0 N–H and O–H groups in total. The van der Waals surface area contributed by atoms with Gasteiger partial charge in [-0.25, -0.2) is 0 Å². The Morgan fingerprint density at radius 3 is 2.73 bits per heavy atom. The van der Waals surface area contributed by atoms with Gasteiger partial charge in [-0.1, -0.05) is 30.3 Å². The number of carbonyl (C=O) groups is 1. The van der Waals surface area contributed by atoms with Gasteiger partial charge in [0.1, 0.15) is 30.5 Å². The van der Waals surface area contributed by atoms with E-state index in [0.29, 0.717) is 29.4 Å². The van der Waals surface area contributed by atoms with Crippen molar-refractivity contribution in [3.8, 4) is 17.2 Å². The first-order valence-corrected chi connectivity index (χ1v) is 8.34. The number of hydrogen-bond acceptors (Lipinski definition) is 5. The van der Waals surface area contributed by atoms with Gasteiger partial charge >= 0.3 is 0 Å². The standard InChI is InChI=1S/C21H17NO4/c23-21-18-9-8-16(24-13-15-5-2-1-3-6-15)11-19(18)25-14-20(21)26-17-7-4-10-22-12-17/h1-12,20H,13-14H2. The minimum atomic E-state index is -0.678. The Labute approximate surface area is 151 Å². The molecule has 0 saturated heterocycles. The van der Waals surface area contributed by atoms with Gasteiger partial charge in [0.05, 0.1) is 11.8 Å². The average molecular weight is 347 g/mol. The summed E-state index contributed by atoms with van der Waals surface area (Å²) in [5.74, 6) is 1.61. The van der Waals surface area contributed by atoms with Gasteiger partial charge in [0.15, 0.2) is 6.10 Å². The Hall–Kier alpha value is -3.34. The van der Waals surface area contributed by atoms with Gasteiger partial charge < -0.3 is 14.2 Å². The maximum Gasteiger partial charge on any atom is 0.210 e. The molecule has 5 heteroatoms. The number of ether oxygens (including phenoxy) is 3. The molecule has 3 aromatic rings. The molecular formula is C21H17NO4. The van der Waals surface area contributed by atoms with E-state index in [0.717, 1.165) is 5.56 Å². The van der Waals surface area contributed by atoms with E-state index in [2.05, 4.69) is 4.98 Å². The van der Waals surface area contributed by atoms with Crippen molar-refractivity contribution in [2.75, 3.05) is 6.61 Å². The lowest BCUT2D eigenvalue weighted by Gasteiger charge is -2.25. The van der Waals surface area contributed by atoms with Crippen LogP contribution in [0.15, 0.2) is 73.1 Å². The van der Waals surface area contributed by atoms with Gasteiger partial charge in [-0.3, -0.25) is 9.78 Å². The first kappa shape index (κ1) is 16.1. The van der Waals surface area contributed by atoms with Gasteiger partial charge in [0, 0.05) is 12.3 Å². The van der Waals surface area contributed by atoms with Crippen molar-refractivity contribution >= 4 is 5.78 Å². The SMILES string of the molecule is O=C1c2ccc(OCc3ccccc3)cc2OCC1Oc1cccnc1. The van der Waals surface area contributed by atoms with E-state index in [1.54, 1.807) is 42.7 Å². The van der Waals surface area contributed by atoms with Gasteiger partial charge in [0.2, 0.25) is 5.78 Å². The Balaban J connectivity index is 1.45. The largest absolute Gasteiger partial charge is 0.489 e. The number of nitrogens with zero attached hydrogens (tertiary/aromatic N) is 1. The molecule has 26 heavy (non-hydrogen) atoms. The fraction of sp³-hybridized carbons (Fsp3) is 0.143. The number of Topliss-reactive ketones (excluding diaryl/α,β-unsaturated/α-hetero) is 1. The van der Waals surface area contributed by atoms with Crippen molar-refractivity contribution in [2.45, 2.75) is 12.7 Å². The van der Waals surface area contributed by atoms with Crippen LogP contribution in [-0.2, 0) is 6.61 Å². The lowest BCUT2D eigenvalue weighted by atomic mass is 10.0. The third kappa shape index (κ3) is 3.52. The summed E-state index contributed by atoms with van der Waals surface area (Å²) in [6.45, 7) is 0.614. The van der Waals surface area contributed by atoms with Gasteiger partial charge in [0.25, 0.3) is 0 Å². The predicted octanol–water partition coefficient (Wildman–Crippen LogP) is 3.68. The Bertz CT molecular complexity index is 896. The first-order chi connectivity index (χ1) is 12.8. The van der Waals surface area contributed by atoms with Gasteiger partial charge in [-0.2, -0.15) is 0 Å². The van der Waals surface area contributed by atoms with Crippen molar-refractivity contribution in [1.82, 2.24) is 4.98 Å². The normalized spacial score (nSPS) is 15.7. The molecule has 1 aromatic heterocycles. The Kier molecular flexibility index (Phi) is 4.51. The maximum absolute atomic E-state index is 12.6. The Morgan fingerprint density at radius 1 is 1.04 bits per heavy atom. The molecule has 0 fully saturated rings. The predicted molar refractivity (Wildman–Crippen MR) is 95.7 cm³/mol. The summed E-state index contributed by atoms with van der Waals surface area (Å²) in [5.41, 5.74) is 1.57. The van der Waals surface area contributed by atoms with Crippen LogP contribution < -0.4 is 14.2 Å². The molecule has 0 bridgehead atoms. The molecule has 4 rings (SSSR count). The molecule has 130 valence electrons. The summed E-state index contributed by atoms with van der Waals surface area (Å²) in [4.78, 5) is 16.6. The molecule has 0 radical (unpaired) electrons. The van der Waals surface area contributed by atoms with Crippen molar-refractivity contribution in [1.29, 1.82) is 0 Å².